The third-order valence-electron chi connectivity index (χ3n) is 4.04. The molecule has 1 aromatic rings. The van der Waals surface area contributed by atoms with Gasteiger partial charge in [-0.3, -0.25) is 0 Å². The predicted molar refractivity (Wildman–Crippen MR) is 69.7 cm³/mol. The lowest BCUT2D eigenvalue weighted by Crippen LogP contribution is -2.25. The van der Waals surface area contributed by atoms with Gasteiger partial charge in [0.2, 0.25) is 0 Å². The van der Waals surface area contributed by atoms with Crippen molar-refractivity contribution in [1.29, 1.82) is 0 Å². The van der Waals surface area contributed by atoms with Crippen molar-refractivity contribution in [3.8, 4) is 0 Å². The van der Waals surface area contributed by atoms with Gasteiger partial charge in [0.25, 0.3) is 0 Å². The van der Waals surface area contributed by atoms with Gasteiger partial charge in [-0.05, 0) is 56.2 Å². The highest BCUT2D eigenvalue weighted by atomic mass is 14.6. The molecule has 1 aliphatic rings. The third kappa shape index (κ3) is 2.30. The van der Waals surface area contributed by atoms with E-state index in [0.717, 1.165) is 6.54 Å². The summed E-state index contributed by atoms with van der Waals surface area (Å²) in [7, 11) is 0. The van der Waals surface area contributed by atoms with E-state index in [1.54, 1.807) is 5.56 Å². The minimum absolute atomic E-state index is 0.704. The zero-order valence-corrected chi connectivity index (χ0v) is 10.5. The van der Waals surface area contributed by atoms with Gasteiger partial charge >= 0.3 is 0 Å². The molecule has 0 radical (unpaired) electrons. The highest BCUT2D eigenvalue weighted by Gasteiger charge is 2.26. The van der Waals surface area contributed by atoms with E-state index in [4.69, 9.17) is 5.73 Å². The topological polar surface area (TPSA) is 26.0 Å². The van der Waals surface area contributed by atoms with Crippen LogP contribution in [0.25, 0.3) is 0 Å². The molecule has 88 valence electrons. The summed E-state index contributed by atoms with van der Waals surface area (Å²) in [6.07, 6.45) is 5.37. The summed E-state index contributed by atoms with van der Waals surface area (Å²) in [4.78, 5) is 0. The molecule has 0 bridgehead atoms. The molecule has 2 N–H and O–H groups in total. The van der Waals surface area contributed by atoms with Gasteiger partial charge in [0.05, 0.1) is 0 Å². The predicted octanol–water partition coefficient (Wildman–Crippen LogP) is 3.54. The second-order valence-electron chi connectivity index (χ2n) is 5.25. The van der Waals surface area contributed by atoms with E-state index in [1.807, 2.05) is 0 Å². The highest BCUT2D eigenvalue weighted by Crippen LogP contribution is 2.38. The van der Waals surface area contributed by atoms with Crippen LogP contribution >= 0.6 is 0 Å². The maximum atomic E-state index is 5.91. The Morgan fingerprint density at radius 2 is 1.94 bits per heavy atom. The Balaban J connectivity index is 2.27. The van der Waals surface area contributed by atoms with E-state index in [1.165, 1.54) is 36.8 Å². The molecule has 16 heavy (non-hydrogen) atoms. The summed E-state index contributed by atoms with van der Waals surface area (Å²) in [6.45, 7) is 5.25. The molecule has 1 heteroatoms. The molecule has 1 aromatic carbocycles. The second kappa shape index (κ2) is 5.01. The van der Waals surface area contributed by atoms with Crippen molar-refractivity contribution in [2.75, 3.05) is 6.54 Å². The second-order valence-corrected chi connectivity index (χ2v) is 5.25. The summed E-state index contributed by atoms with van der Waals surface area (Å²) < 4.78 is 0. The lowest BCUT2D eigenvalue weighted by atomic mass is 9.74. The third-order valence-corrected chi connectivity index (χ3v) is 4.04. The Morgan fingerprint density at radius 3 is 2.62 bits per heavy atom. The van der Waals surface area contributed by atoms with E-state index in [-0.39, 0.29) is 0 Å². The van der Waals surface area contributed by atoms with Crippen molar-refractivity contribution < 1.29 is 0 Å². The number of aryl methyl sites for hydroxylation is 2. The van der Waals surface area contributed by atoms with Gasteiger partial charge in [0, 0.05) is 0 Å². The molecular weight excluding hydrogens is 194 g/mol. The SMILES string of the molecule is Cc1ccc(C2CCCCC2CN)c(C)c1. The molecule has 2 rings (SSSR count). The van der Waals surface area contributed by atoms with E-state index in [9.17, 15) is 0 Å². The number of nitrogens with two attached hydrogens (primary N) is 1. The van der Waals surface area contributed by atoms with Crippen LogP contribution in [0.3, 0.4) is 0 Å². The van der Waals surface area contributed by atoms with Crippen molar-refractivity contribution in [2.24, 2.45) is 11.7 Å². The van der Waals surface area contributed by atoms with Gasteiger partial charge in [0.15, 0.2) is 0 Å². The van der Waals surface area contributed by atoms with Gasteiger partial charge in [-0.2, -0.15) is 0 Å². The quantitative estimate of drug-likeness (QED) is 0.805. The molecule has 2 unspecified atom stereocenters. The van der Waals surface area contributed by atoms with Crippen molar-refractivity contribution in [3.05, 3.63) is 34.9 Å². The van der Waals surface area contributed by atoms with Gasteiger partial charge < -0.3 is 5.73 Å². The lowest BCUT2D eigenvalue weighted by molar-refractivity contribution is 0.313. The van der Waals surface area contributed by atoms with Gasteiger partial charge in [-0.15, -0.1) is 0 Å². The molecule has 0 aromatic heterocycles. The van der Waals surface area contributed by atoms with Gasteiger partial charge in [-0.1, -0.05) is 36.6 Å². The van der Waals surface area contributed by atoms with Gasteiger partial charge in [-0.25, -0.2) is 0 Å². The average Bonchev–Trinajstić information content (AvgIpc) is 2.29. The van der Waals surface area contributed by atoms with Crippen LogP contribution in [0.1, 0.15) is 48.3 Å². The molecule has 1 nitrogen and oxygen atoms in total. The number of hydrogen-bond donors (Lipinski definition) is 1. The molecule has 1 saturated carbocycles. The normalized spacial score (nSPS) is 25.7. The van der Waals surface area contributed by atoms with Crippen LogP contribution in [-0.4, -0.2) is 6.54 Å². The van der Waals surface area contributed by atoms with Crippen LogP contribution in [0, 0.1) is 19.8 Å². The Hall–Kier alpha value is -0.820. The first-order chi connectivity index (χ1) is 7.72. The summed E-state index contributed by atoms with van der Waals surface area (Å²) in [6, 6.07) is 6.87. The fourth-order valence-corrected chi connectivity index (χ4v) is 3.14. The van der Waals surface area contributed by atoms with Crippen LogP contribution < -0.4 is 5.73 Å². The first-order valence-electron chi connectivity index (χ1n) is 6.49. The smallest absolute Gasteiger partial charge is 0.00430 e. The molecular formula is C15H23N. The molecule has 1 aliphatic carbocycles. The Morgan fingerprint density at radius 1 is 1.19 bits per heavy atom. The summed E-state index contributed by atoms with van der Waals surface area (Å²) in [5, 5.41) is 0. The first kappa shape index (κ1) is 11.7. The van der Waals surface area contributed by atoms with Crippen molar-refractivity contribution in [3.63, 3.8) is 0 Å². The van der Waals surface area contributed by atoms with Crippen LogP contribution in [0.5, 0.6) is 0 Å². The minimum Gasteiger partial charge on any atom is -0.330 e. The molecule has 0 saturated heterocycles. The largest absolute Gasteiger partial charge is 0.330 e. The monoisotopic (exact) mass is 217 g/mol. The maximum Gasteiger partial charge on any atom is -0.00430 e. The van der Waals surface area contributed by atoms with Crippen molar-refractivity contribution in [1.82, 2.24) is 0 Å². The molecule has 0 aliphatic heterocycles. The zero-order chi connectivity index (χ0) is 11.5. The van der Waals surface area contributed by atoms with Gasteiger partial charge in [0.1, 0.15) is 0 Å². The zero-order valence-electron chi connectivity index (χ0n) is 10.5. The average molecular weight is 217 g/mol. The number of hydrogen-bond acceptors (Lipinski definition) is 1. The Labute approximate surface area is 99.0 Å². The highest BCUT2D eigenvalue weighted by molar-refractivity contribution is 5.33. The van der Waals surface area contributed by atoms with Crippen LogP contribution in [-0.2, 0) is 0 Å². The lowest BCUT2D eigenvalue weighted by Gasteiger charge is -2.32. The molecule has 0 heterocycles. The summed E-state index contributed by atoms with van der Waals surface area (Å²) >= 11 is 0. The standard InChI is InChI=1S/C15H23N/c1-11-7-8-14(12(2)9-11)15-6-4-3-5-13(15)10-16/h7-9,13,15H,3-6,10,16H2,1-2H3. The van der Waals surface area contributed by atoms with Crippen LogP contribution in [0.2, 0.25) is 0 Å². The molecule has 2 atom stereocenters. The van der Waals surface area contributed by atoms with Crippen molar-refractivity contribution in [2.45, 2.75) is 45.4 Å². The maximum absolute atomic E-state index is 5.91. The van der Waals surface area contributed by atoms with E-state index < -0.39 is 0 Å². The van der Waals surface area contributed by atoms with Crippen LogP contribution in [0.15, 0.2) is 18.2 Å². The molecule has 1 fully saturated rings. The number of rotatable bonds is 2. The molecule has 0 amide bonds. The van der Waals surface area contributed by atoms with Crippen molar-refractivity contribution >= 4 is 0 Å². The fraction of sp³-hybridized carbons (Fsp3) is 0.600. The number of benzene rings is 1. The molecule has 0 spiro atoms. The Kier molecular flexibility index (Phi) is 3.65. The van der Waals surface area contributed by atoms with E-state index in [0.29, 0.717) is 11.8 Å². The first-order valence-corrected chi connectivity index (χ1v) is 6.49. The van der Waals surface area contributed by atoms with E-state index in [2.05, 4.69) is 32.0 Å². The fourth-order valence-electron chi connectivity index (χ4n) is 3.14. The summed E-state index contributed by atoms with van der Waals surface area (Å²) in [5.74, 6) is 1.41. The van der Waals surface area contributed by atoms with E-state index >= 15 is 0 Å². The Bertz CT molecular complexity index is 356. The minimum atomic E-state index is 0.704. The van der Waals surface area contributed by atoms with Crippen LogP contribution in [0.4, 0.5) is 0 Å². The summed E-state index contributed by atoms with van der Waals surface area (Å²) in [5.41, 5.74) is 10.3.